The highest BCUT2D eigenvalue weighted by Gasteiger charge is 2.24. The Bertz CT molecular complexity index is 658. The van der Waals surface area contributed by atoms with Crippen molar-refractivity contribution in [2.24, 2.45) is 0 Å². The van der Waals surface area contributed by atoms with Crippen LogP contribution in [0, 0.1) is 0 Å². The summed E-state index contributed by atoms with van der Waals surface area (Å²) in [5.41, 5.74) is 0. The number of piperidine rings is 1. The maximum absolute atomic E-state index is 12.6. The van der Waals surface area contributed by atoms with Gasteiger partial charge < -0.3 is 15.0 Å². The average molecular weight is 405 g/mol. The molecule has 2 rings (SSSR count). The SMILES string of the molecule is CCCN(C(=O)CCOc1ccc(S(C)(=O)=O)cc1)C1CCNCC1.Cl. The molecule has 1 fully saturated rings. The molecule has 1 aromatic carbocycles. The summed E-state index contributed by atoms with van der Waals surface area (Å²) in [7, 11) is -3.21. The number of hydrogen-bond donors (Lipinski definition) is 1. The Balaban J connectivity index is 0.00000338. The van der Waals surface area contributed by atoms with Crippen molar-refractivity contribution in [3.05, 3.63) is 24.3 Å². The Hall–Kier alpha value is -1.31. The summed E-state index contributed by atoms with van der Waals surface area (Å²) in [6, 6.07) is 6.60. The van der Waals surface area contributed by atoms with Crippen LogP contribution >= 0.6 is 12.4 Å². The standard InChI is InChI=1S/C18H28N2O4S.ClH/c1-3-13-20(15-8-11-19-12-9-15)18(21)10-14-24-16-4-6-17(7-5-16)25(2,22)23;/h4-7,15,19H,3,8-14H2,1-2H3;1H. The molecule has 1 N–H and O–H groups in total. The van der Waals surface area contributed by atoms with Gasteiger partial charge in [0, 0.05) is 18.8 Å². The fourth-order valence-electron chi connectivity index (χ4n) is 3.05. The van der Waals surface area contributed by atoms with E-state index in [4.69, 9.17) is 4.74 Å². The van der Waals surface area contributed by atoms with E-state index in [1.165, 1.54) is 18.4 Å². The second-order valence-electron chi connectivity index (χ2n) is 6.41. The highest BCUT2D eigenvalue weighted by atomic mass is 35.5. The van der Waals surface area contributed by atoms with Gasteiger partial charge in [0.25, 0.3) is 0 Å². The summed E-state index contributed by atoms with van der Waals surface area (Å²) in [5.74, 6) is 0.700. The molecule has 1 aromatic rings. The molecule has 1 saturated heterocycles. The first-order chi connectivity index (χ1) is 11.9. The number of carbonyl (C=O) groups excluding carboxylic acids is 1. The third-order valence-electron chi connectivity index (χ3n) is 4.37. The van der Waals surface area contributed by atoms with Crippen LogP contribution in [0.15, 0.2) is 29.2 Å². The molecule has 0 aliphatic carbocycles. The molecule has 1 heterocycles. The van der Waals surface area contributed by atoms with Gasteiger partial charge in [0.05, 0.1) is 17.9 Å². The Morgan fingerprint density at radius 3 is 2.38 bits per heavy atom. The Morgan fingerprint density at radius 1 is 1.23 bits per heavy atom. The average Bonchev–Trinajstić information content (AvgIpc) is 2.60. The van der Waals surface area contributed by atoms with Gasteiger partial charge in [-0.15, -0.1) is 12.4 Å². The molecule has 0 aromatic heterocycles. The van der Waals surface area contributed by atoms with Crippen LogP contribution in [-0.4, -0.2) is 57.8 Å². The number of sulfone groups is 1. The van der Waals surface area contributed by atoms with Crippen LogP contribution in [0.4, 0.5) is 0 Å². The fourth-order valence-corrected chi connectivity index (χ4v) is 3.68. The number of nitrogens with one attached hydrogen (secondary N) is 1. The number of nitrogens with zero attached hydrogens (tertiary/aromatic N) is 1. The van der Waals surface area contributed by atoms with Gasteiger partial charge >= 0.3 is 0 Å². The summed E-state index contributed by atoms with van der Waals surface area (Å²) in [5, 5.41) is 3.32. The number of amides is 1. The number of rotatable bonds is 8. The first kappa shape index (κ1) is 22.7. The summed E-state index contributed by atoms with van der Waals surface area (Å²) in [4.78, 5) is 14.8. The molecule has 0 saturated carbocycles. The zero-order valence-corrected chi connectivity index (χ0v) is 17.1. The molecule has 1 amide bonds. The van der Waals surface area contributed by atoms with E-state index >= 15 is 0 Å². The van der Waals surface area contributed by atoms with Gasteiger partial charge in [-0.1, -0.05) is 6.92 Å². The molecule has 26 heavy (non-hydrogen) atoms. The van der Waals surface area contributed by atoms with Gasteiger partial charge in [-0.3, -0.25) is 4.79 Å². The van der Waals surface area contributed by atoms with Crippen molar-refractivity contribution in [2.75, 3.05) is 32.5 Å². The summed E-state index contributed by atoms with van der Waals surface area (Å²) in [6.45, 7) is 5.08. The molecule has 1 aliphatic rings. The molecule has 6 nitrogen and oxygen atoms in total. The number of ether oxygens (including phenoxy) is 1. The Labute approximate surface area is 162 Å². The van der Waals surface area contributed by atoms with Gasteiger partial charge in [0.1, 0.15) is 5.75 Å². The second kappa shape index (κ2) is 10.7. The van der Waals surface area contributed by atoms with E-state index in [0.717, 1.165) is 38.9 Å². The molecule has 0 atom stereocenters. The number of carbonyl (C=O) groups is 1. The maximum atomic E-state index is 12.6. The van der Waals surface area contributed by atoms with E-state index in [1.54, 1.807) is 12.1 Å². The van der Waals surface area contributed by atoms with Crippen LogP contribution in [0.1, 0.15) is 32.6 Å². The van der Waals surface area contributed by atoms with E-state index in [9.17, 15) is 13.2 Å². The minimum atomic E-state index is -3.21. The van der Waals surface area contributed by atoms with E-state index in [1.807, 2.05) is 4.90 Å². The summed E-state index contributed by atoms with van der Waals surface area (Å²) in [6.07, 6.45) is 4.45. The van der Waals surface area contributed by atoms with Crippen molar-refractivity contribution in [3.8, 4) is 5.75 Å². The number of benzene rings is 1. The van der Waals surface area contributed by atoms with Gasteiger partial charge in [-0.05, 0) is 56.6 Å². The lowest BCUT2D eigenvalue weighted by Gasteiger charge is -2.34. The monoisotopic (exact) mass is 404 g/mol. The molecule has 0 radical (unpaired) electrons. The van der Waals surface area contributed by atoms with Gasteiger partial charge in [0.2, 0.25) is 5.91 Å². The van der Waals surface area contributed by atoms with Crippen LogP contribution in [-0.2, 0) is 14.6 Å². The fraction of sp³-hybridized carbons (Fsp3) is 0.611. The highest BCUT2D eigenvalue weighted by molar-refractivity contribution is 7.90. The van der Waals surface area contributed by atoms with Crippen molar-refractivity contribution in [2.45, 2.75) is 43.5 Å². The lowest BCUT2D eigenvalue weighted by molar-refractivity contribution is -0.134. The maximum Gasteiger partial charge on any atom is 0.226 e. The third kappa shape index (κ3) is 6.78. The van der Waals surface area contributed by atoms with Gasteiger partial charge in [0.15, 0.2) is 9.84 Å². The minimum absolute atomic E-state index is 0. The highest BCUT2D eigenvalue weighted by Crippen LogP contribution is 2.17. The molecular weight excluding hydrogens is 376 g/mol. The lowest BCUT2D eigenvalue weighted by Crippen LogP contribution is -2.46. The van der Waals surface area contributed by atoms with Crippen LogP contribution in [0.2, 0.25) is 0 Å². The van der Waals surface area contributed by atoms with Crippen LogP contribution in [0.3, 0.4) is 0 Å². The van der Waals surface area contributed by atoms with Crippen LogP contribution in [0.25, 0.3) is 0 Å². The quantitative estimate of drug-likeness (QED) is 0.719. The third-order valence-corrected chi connectivity index (χ3v) is 5.50. The zero-order chi connectivity index (χ0) is 18.3. The Kier molecular flexibility index (Phi) is 9.39. The normalized spacial score (nSPS) is 15.2. The van der Waals surface area contributed by atoms with Crippen molar-refractivity contribution in [3.63, 3.8) is 0 Å². The smallest absolute Gasteiger partial charge is 0.226 e. The first-order valence-corrected chi connectivity index (χ1v) is 10.7. The Morgan fingerprint density at radius 2 is 1.85 bits per heavy atom. The molecule has 0 bridgehead atoms. The predicted octanol–water partition coefficient (Wildman–Crippen LogP) is 2.27. The van der Waals surface area contributed by atoms with Crippen molar-refractivity contribution >= 4 is 28.2 Å². The summed E-state index contributed by atoms with van der Waals surface area (Å²) < 4.78 is 28.5. The van der Waals surface area contributed by atoms with E-state index in [2.05, 4.69) is 12.2 Å². The van der Waals surface area contributed by atoms with Crippen molar-refractivity contribution in [1.82, 2.24) is 10.2 Å². The van der Waals surface area contributed by atoms with Gasteiger partial charge in [-0.25, -0.2) is 8.42 Å². The molecular formula is C18H29ClN2O4S. The number of hydrogen-bond acceptors (Lipinski definition) is 5. The zero-order valence-electron chi connectivity index (χ0n) is 15.4. The molecule has 0 spiro atoms. The minimum Gasteiger partial charge on any atom is -0.493 e. The largest absolute Gasteiger partial charge is 0.493 e. The lowest BCUT2D eigenvalue weighted by atomic mass is 10.0. The van der Waals surface area contributed by atoms with Crippen LogP contribution < -0.4 is 10.1 Å². The van der Waals surface area contributed by atoms with E-state index in [-0.39, 0.29) is 23.2 Å². The van der Waals surface area contributed by atoms with Crippen molar-refractivity contribution < 1.29 is 17.9 Å². The summed E-state index contributed by atoms with van der Waals surface area (Å²) >= 11 is 0. The molecule has 8 heteroatoms. The second-order valence-corrected chi connectivity index (χ2v) is 8.43. The van der Waals surface area contributed by atoms with E-state index < -0.39 is 9.84 Å². The molecule has 1 aliphatic heterocycles. The van der Waals surface area contributed by atoms with E-state index in [0.29, 0.717) is 24.8 Å². The van der Waals surface area contributed by atoms with Crippen molar-refractivity contribution in [1.29, 1.82) is 0 Å². The molecule has 0 unspecified atom stereocenters. The van der Waals surface area contributed by atoms with Crippen LogP contribution in [0.5, 0.6) is 5.75 Å². The first-order valence-electron chi connectivity index (χ1n) is 8.85. The van der Waals surface area contributed by atoms with Gasteiger partial charge in [-0.2, -0.15) is 0 Å². The molecule has 148 valence electrons. The predicted molar refractivity (Wildman–Crippen MR) is 105 cm³/mol. The number of halogens is 1. The topological polar surface area (TPSA) is 75.7 Å².